The molecule has 3 heteroatoms. The van der Waals surface area contributed by atoms with E-state index in [1.54, 1.807) is 24.5 Å². The highest BCUT2D eigenvalue weighted by atomic mass is 35.5. The summed E-state index contributed by atoms with van der Waals surface area (Å²) in [7, 11) is 0. The number of nitrogens with one attached hydrogen (secondary N) is 1. The van der Waals surface area contributed by atoms with Gasteiger partial charge < -0.3 is 4.98 Å². The summed E-state index contributed by atoms with van der Waals surface area (Å²) in [6.07, 6.45) is 3.30. The molecule has 1 aromatic heterocycles. The number of aromatic nitrogens is 1. The van der Waals surface area contributed by atoms with Gasteiger partial charge in [0.25, 0.3) is 0 Å². The molecule has 0 bridgehead atoms. The molecular weight excluding hydrogens is 198 g/mol. The fourth-order valence-corrected chi connectivity index (χ4v) is 1.40. The van der Waals surface area contributed by atoms with E-state index in [1.165, 1.54) is 6.07 Å². The number of rotatable bonds is 1. The van der Waals surface area contributed by atoms with Crippen molar-refractivity contribution in [1.29, 1.82) is 0 Å². The van der Waals surface area contributed by atoms with Gasteiger partial charge in [-0.3, -0.25) is 4.79 Å². The summed E-state index contributed by atoms with van der Waals surface area (Å²) in [4.78, 5) is 14.3. The van der Waals surface area contributed by atoms with E-state index in [1.807, 2.05) is 12.1 Å². The van der Waals surface area contributed by atoms with Gasteiger partial charge in [-0.1, -0.05) is 23.7 Å². The summed E-state index contributed by atoms with van der Waals surface area (Å²) in [5, 5.41) is 0.668. The maximum absolute atomic E-state index is 11.5. The zero-order valence-electron chi connectivity index (χ0n) is 7.33. The summed E-state index contributed by atoms with van der Waals surface area (Å²) in [6, 6.07) is 8.69. The number of benzene rings is 1. The predicted molar refractivity (Wildman–Crippen MR) is 57.5 cm³/mol. The number of aromatic amines is 1. The van der Waals surface area contributed by atoms with Crippen molar-refractivity contribution in [2.45, 2.75) is 0 Å². The van der Waals surface area contributed by atoms with Crippen molar-refractivity contribution in [3.05, 3.63) is 58.0 Å². The second-order valence-corrected chi connectivity index (χ2v) is 3.37. The van der Waals surface area contributed by atoms with Crippen LogP contribution < -0.4 is 5.43 Å². The summed E-state index contributed by atoms with van der Waals surface area (Å²) >= 11 is 5.75. The lowest BCUT2D eigenvalue weighted by atomic mass is 10.1. The van der Waals surface area contributed by atoms with Gasteiger partial charge in [0.15, 0.2) is 5.43 Å². The third kappa shape index (κ3) is 1.70. The molecule has 2 rings (SSSR count). The quantitative estimate of drug-likeness (QED) is 0.763. The molecular formula is C11H8ClNO. The highest BCUT2D eigenvalue weighted by Gasteiger charge is 2.00. The van der Waals surface area contributed by atoms with E-state index in [4.69, 9.17) is 11.6 Å². The SMILES string of the molecule is O=c1cc[nH]cc1-c1ccc(Cl)cc1. The van der Waals surface area contributed by atoms with Gasteiger partial charge in [0, 0.05) is 29.0 Å². The second-order valence-electron chi connectivity index (χ2n) is 2.93. The molecule has 0 aliphatic heterocycles. The molecule has 0 atom stereocenters. The molecule has 0 radical (unpaired) electrons. The van der Waals surface area contributed by atoms with Crippen LogP contribution in [-0.4, -0.2) is 4.98 Å². The first kappa shape index (κ1) is 9.03. The number of H-pyrrole nitrogens is 1. The van der Waals surface area contributed by atoms with E-state index in [-0.39, 0.29) is 5.43 Å². The number of halogens is 1. The fourth-order valence-electron chi connectivity index (χ4n) is 1.27. The van der Waals surface area contributed by atoms with E-state index >= 15 is 0 Å². The largest absolute Gasteiger partial charge is 0.367 e. The van der Waals surface area contributed by atoms with Gasteiger partial charge in [0.1, 0.15) is 0 Å². The van der Waals surface area contributed by atoms with E-state index in [0.29, 0.717) is 10.6 Å². The Morgan fingerprint density at radius 1 is 1.07 bits per heavy atom. The molecule has 0 fully saturated rings. The lowest BCUT2D eigenvalue weighted by Crippen LogP contribution is -2.02. The molecule has 2 nitrogen and oxygen atoms in total. The van der Waals surface area contributed by atoms with Crippen LogP contribution in [0.15, 0.2) is 47.5 Å². The van der Waals surface area contributed by atoms with Crippen LogP contribution in [0.1, 0.15) is 0 Å². The van der Waals surface area contributed by atoms with Crippen molar-refractivity contribution >= 4 is 11.6 Å². The normalized spacial score (nSPS) is 10.1. The Hall–Kier alpha value is -1.54. The highest BCUT2D eigenvalue weighted by molar-refractivity contribution is 6.30. The minimum absolute atomic E-state index is 0.00562. The fraction of sp³-hybridized carbons (Fsp3) is 0. The zero-order chi connectivity index (χ0) is 9.97. The first-order chi connectivity index (χ1) is 6.77. The summed E-state index contributed by atoms with van der Waals surface area (Å²) in [6.45, 7) is 0. The van der Waals surface area contributed by atoms with E-state index in [0.717, 1.165) is 5.56 Å². The van der Waals surface area contributed by atoms with Crippen LogP contribution in [0.25, 0.3) is 11.1 Å². The molecule has 2 aromatic rings. The summed E-state index contributed by atoms with van der Waals surface area (Å²) in [5.74, 6) is 0. The van der Waals surface area contributed by atoms with E-state index in [2.05, 4.69) is 4.98 Å². The molecule has 0 aliphatic carbocycles. The van der Waals surface area contributed by atoms with Gasteiger partial charge in [0.05, 0.1) is 0 Å². The standard InChI is InChI=1S/C11H8ClNO/c12-9-3-1-8(2-4-9)10-7-13-6-5-11(10)14/h1-7H,(H,13,14). The molecule has 0 saturated carbocycles. The van der Waals surface area contributed by atoms with Crippen molar-refractivity contribution in [2.75, 3.05) is 0 Å². The molecule has 1 aromatic carbocycles. The van der Waals surface area contributed by atoms with Crippen LogP contribution in [-0.2, 0) is 0 Å². The van der Waals surface area contributed by atoms with Gasteiger partial charge >= 0.3 is 0 Å². The summed E-state index contributed by atoms with van der Waals surface area (Å²) < 4.78 is 0. The lowest BCUT2D eigenvalue weighted by Gasteiger charge is -1.99. The van der Waals surface area contributed by atoms with Crippen LogP contribution in [0.5, 0.6) is 0 Å². The molecule has 70 valence electrons. The molecule has 1 N–H and O–H groups in total. The Labute approximate surface area is 86.2 Å². The Balaban J connectivity index is 2.56. The lowest BCUT2D eigenvalue weighted by molar-refractivity contribution is 1.30. The van der Waals surface area contributed by atoms with Crippen LogP contribution in [0.4, 0.5) is 0 Å². The van der Waals surface area contributed by atoms with Gasteiger partial charge in [-0.15, -0.1) is 0 Å². The molecule has 0 amide bonds. The molecule has 0 aliphatic rings. The van der Waals surface area contributed by atoms with Crippen LogP contribution >= 0.6 is 11.6 Å². The van der Waals surface area contributed by atoms with Gasteiger partial charge in [0.2, 0.25) is 0 Å². The molecule has 14 heavy (non-hydrogen) atoms. The minimum atomic E-state index is 0.00562. The van der Waals surface area contributed by atoms with Crippen molar-refractivity contribution in [3.63, 3.8) is 0 Å². The Morgan fingerprint density at radius 2 is 1.79 bits per heavy atom. The number of hydrogen-bond donors (Lipinski definition) is 1. The van der Waals surface area contributed by atoms with Crippen molar-refractivity contribution in [2.24, 2.45) is 0 Å². The van der Waals surface area contributed by atoms with Gasteiger partial charge in [-0.25, -0.2) is 0 Å². The highest BCUT2D eigenvalue weighted by Crippen LogP contribution is 2.17. The smallest absolute Gasteiger partial charge is 0.189 e. The average Bonchev–Trinajstić information content (AvgIpc) is 2.20. The van der Waals surface area contributed by atoms with E-state index < -0.39 is 0 Å². The number of hydrogen-bond acceptors (Lipinski definition) is 1. The number of pyridine rings is 1. The third-order valence-corrected chi connectivity index (χ3v) is 2.23. The monoisotopic (exact) mass is 205 g/mol. The first-order valence-electron chi connectivity index (χ1n) is 4.20. The van der Waals surface area contributed by atoms with Crippen molar-refractivity contribution < 1.29 is 0 Å². The van der Waals surface area contributed by atoms with Crippen LogP contribution in [0.2, 0.25) is 5.02 Å². The van der Waals surface area contributed by atoms with Gasteiger partial charge in [-0.2, -0.15) is 0 Å². The van der Waals surface area contributed by atoms with Gasteiger partial charge in [-0.05, 0) is 17.7 Å². The van der Waals surface area contributed by atoms with Crippen molar-refractivity contribution in [3.8, 4) is 11.1 Å². The zero-order valence-corrected chi connectivity index (χ0v) is 8.08. The third-order valence-electron chi connectivity index (χ3n) is 1.98. The van der Waals surface area contributed by atoms with Crippen LogP contribution in [0.3, 0.4) is 0 Å². The predicted octanol–water partition coefficient (Wildman–Crippen LogP) is 2.70. The van der Waals surface area contributed by atoms with E-state index in [9.17, 15) is 4.79 Å². The Bertz CT molecular complexity index is 487. The minimum Gasteiger partial charge on any atom is -0.367 e. The molecule has 0 saturated heterocycles. The topological polar surface area (TPSA) is 32.9 Å². The maximum atomic E-state index is 11.5. The van der Waals surface area contributed by atoms with Crippen molar-refractivity contribution in [1.82, 2.24) is 4.98 Å². The van der Waals surface area contributed by atoms with Crippen LogP contribution in [0, 0.1) is 0 Å². The maximum Gasteiger partial charge on any atom is 0.189 e. The molecule has 1 heterocycles. The Kier molecular flexibility index (Phi) is 2.37. The second kappa shape index (κ2) is 3.68. The average molecular weight is 206 g/mol. The molecule has 0 unspecified atom stereocenters. The first-order valence-corrected chi connectivity index (χ1v) is 4.58. The summed E-state index contributed by atoms with van der Waals surface area (Å²) in [5.41, 5.74) is 1.53. The molecule has 0 spiro atoms. The Morgan fingerprint density at radius 3 is 2.43 bits per heavy atom.